The van der Waals surface area contributed by atoms with Gasteiger partial charge in [-0.25, -0.2) is 0 Å². The molecule has 0 aliphatic carbocycles. The summed E-state index contributed by atoms with van der Waals surface area (Å²) in [5.74, 6) is -1.69. The van der Waals surface area contributed by atoms with Crippen LogP contribution in [-0.4, -0.2) is 56.8 Å². The van der Waals surface area contributed by atoms with Gasteiger partial charge in [0.15, 0.2) is 11.5 Å². The van der Waals surface area contributed by atoms with Gasteiger partial charge in [0.1, 0.15) is 17.3 Å². The molecule has 3 aromatic rings. The highest BCUT2D eigenvalue weighted by molar-refractivity contribution is 6.51. The molecule has 2 N–H and O–H groups in total. The number of aliphatic hydroxyl groups excluding tert-OH is 1. The fraction of sp³-hybridized carbons (Fsp3) is 0.241. The maximum atomic E-state index is 13.6. The lowest BCUT2D eigenvalue weighted by Crippen LogP contribution is -2.29. The Morgan fingerprint density at radius 2 is 1.64 bits per heavy atom. The van der Waals surface area contributed by atoms with Crippen molar-refractivity contribution in [3.8, 4) is 23.0 Å². The van der Waals surface area contributed by atoms with Gasteiger partial charge in [0.05, 0.1) is 43.0 Å². The summed E-state index contributed by atoms with van der Waals surface area (Å²) >= 11 is 6.25. The second-order valence-corrected chi connectivity index (χ2v) is 9.33. The molecule has 0 radical (unpaired) electrons. The number of hydrogen-bond donors (Lipinski definition) is 2. The number of aromatic hydroxyl groups is 1. The number of methoxy groups -OCH3 is 2. The number of carbonyl (C=O) groups excluding carboxylic acids is 2. The number of aliphatic hydroxyl groups is 1. The first-order chi connectivity index (χ1) is 18.6. The van der Waals surface area contributed by atoms with Crippen LogP contribution in [0.25, 0.3) is 5.76 Å². The van der Waals surface area contributed by atoms with Gasteiger partial charge in [0.25, 0.3) is 11.7 Å². The Kier molecular flexibility index (Phi) is 7.92. The normalized spacial score (nSPS) is 16.4. The first kappa shape index (κ1) is 27.7. The molecule has 1 fully saturated rings. The molecular formula is C29H29ClN2O7. The lowest BCUT2D eigenvalue weighted by molar-refractivity contribution is -0.132. The van der Waals surface area contributed by atoms with Gasteiger partial charge in [0.2, 0.25) is 0 Å². The molecule has 4 rings (SSSR count). The molecule has 1 aliphatic rings. The monoisotopic (exact) mass is 552 g/mol. The molecule has 204 valence electrons. The van der Waals surface area contributed by atoms with Crippen LogP contribution in [0, 0.1) is 0 Å². The Labute approximate surface area is 231 Å². The molecule has 1 amide bonds. The van der Waals surface area contributed by atoms with E-state index in [2.05, 4.69) is 0 Å². The maximum Gasteiger partial charge on any atom is 0.300 e. The van der Waals surface area contributed by atoms with Crippen LogP contribution in [-0.2, 0) is 9.59 Å². The molecular weight excluding hydrogens is 524 g/mol. The highest BCUT2D eigenvalue weighted by Gasteiger charge is 2.47. The van der Waals surface area contributed by atoms with Gasteiger partial charge >= 0.3 is 0 Å². The van der Waals surface area contributed by atoms with Crippen LogP contribution in [0.5, 0.6) is 23.0 Å². The number of amides is 1. The number of benzene rings is 3. The molecule has 1 heterocycles. The fourth-order valence-electron chi connectivity index (χ4n) is 4.49. The summed E-state index contributed by atoms with van der Waals surface area (Å²) in [6.45, 7) is 2.05. The molecule has 0 saturated carbocycles. The number of phenolic OH excluding ortho intramolecular Hbond substituents is 1. The topological polar surface area (TPSA) is 109 Å². The number of hydrogen-bond acceptors (Lipinski definition) is 8. The zero-order chi connectivity index (χ0) is 28.4. The molecule has 0 bridgehead atoms. The van der Waals surface area contributed by atoms with E-state index >= 15 is 0 Å². The Bertz CT molecular complexity index is 1450. The van der Waals surface area contributed by atoms with Crippen molar-refractivity contribution in [1.82, 2.24) is 0 Å². The van der Waals surface area contributed by atoms with Gasteiger partial charge in [-0.2, -0.15) is 0 Å². The number of Topliss-reactive ketones (excluding diaryl/α,β-unsaturated/α-hetero) is 1. The van der Waals surface area contributed by atoms with Crippen LogP contribution < -0.4 is 24.0 Å². The van der Waals surface area contributed by atoms with E-state index in [0.717, 1.165) is 5.69 Å². The standard InChI is InChI=1S/C29H29ClN2O7/c1-6-39-24-13-16(7-12-21(24)33)26-25(27(34)19-14-23(38-5)20(30)15-22(19)37-4)28(35)29(36)32(26)18-10-8-17(9-11-18)31(2)3/h7-15,26,33-34H,6H2,1-5H3/b27-25+. The van der Waals surface area contributed by atoms with Crippen molar-refractivity contribution in [3.05, 3.63) is 76.3 Å². The average Bonchev–Trinajstić information content (AvgIpc) is 3.19. The molecule has 9 nitrogen and oxygen atoms in total. The Hall–Kier alpha value is -4.37. The summed E-state index contributed by atoms with van der Waals surface area (Å²) in [5, 5.41) is 22.1. The largest absolute Gasteiger partial charge is 0.507 e. The Morgan fingerprint density at radius 1 is 0.974 bits per heavy atom. The Balaban J connectivity index is 1.99. The molecule has 1 saturated heterocycles. The number of phenols is 1. The van der Waals surface area contributed by atoms with Gasteiger partial charge < -0.3 is 29.3 Å². The van der Waals surface area contributed by atoms with Crippen molar-refractivity contribution in [2.45, 2.75) is 13.0 Å². The molecule has 1 unspecified atom stereocenters. The predicted molar refractivity (Wildman–Crippen MR) is 149 cm³/mol. The Morgan fingerprint density at radius 3 is 2.23 bits per heavy atom. The summed E-state index contributed by atoms with van der Waals surface area (Å²) in [6, 6.07) is 13.5. The molecule has 3 aromatic carbocycles. The second kappa shape index (κ2) is 11.2. The number of ketones is 1. The minimum Gasteiger partial charge on any atom is -0.507 e. The maximum absolute atomic E-state index is 13.6. The minimum absolute atomic E-state index is 0.100. The third-order valence-corrected chi connectivity index (χ3v) is 6.71. The second-order valence-electron chi connectivity index (χ2n) is 8.93. The molecule has 0 spiro atoms. The third-order valence-electron chi connectivity index (χ3n) is 6.42. The van der Waals surface area contributed by atoms with Crippen molar-refractivity contribution < 1.29 is 34.0 Å². The van der Waals surface area contributed by atoms with Gasteiger partial charge in [0, 0.05) is 31.5 Å². The van der Waals surface area contributed by atoms with E-state index in [4.69, 9.17) is 25.8 Å². The lowest BCUT2D eigenvalue weighted by atomic mass is 9.94. The zero-order valence-corrected chi connectivity index (χ0v) is 22.9. The van der Waals surface area contributed by atoms with Crippen molar-refractivity contribution in [1.29, 1.82) is 0 Å². The third kappa shape index (κ3) is 5.05. The quantitative estimate of drug-likeness (QED) is 0.224. The van der Waals surface area contributed by atoms with E-state index in [0.29, 0.717) is 11.3 Å². The SMILES string of the molecule is CCOc1cc(C2/C(=C(\O)c3cc(OC)c(Cl)cc3OC)C(=O)C(=O)N2c2ccc(N(C)C)cc2)ccc1O. The van der Waals surface area contributed by atoms with E-state index in [9.17, 15) is 19.8 Å². The van der Waals surface area contributed by atoms with Gasteiger partial charge in [-0.15, -0.1) is 0 Å². The van der Waals surface area contributed by atoms with Crippen molar-refractivity contribution in [2.24, 2.45) is 0 Å². The van der Waals surface area contributed by atoms with Crippen molar-refractivity contribution in [3.63, 3.8) is 0 Å². The lowest BCUT2D eigenvalue weighted by Gasteiger charge is -2.26. The molecule has 1 atom stereocenters. The van der Waals surface area contributed by atoms with Crippen molar-refractivity contribution in [2.75, 3.05) is 44.7 Å². The number of rotatable bonds is 8. The number of halogens is 1. The van der Waals surface area contributed by atoms with Crippen LogP contribution in [0.2, 0.25) is 5.02 Å². The van der Waals surface area contributed by atoms with Crippen LogP contribution in [0.4, 0.5) is 11.4 Å². The average molecular weight is 553 g/mol. The van der Waals surface area contributed by atoms with Crippen LogP contribution in [0.3, 0.4) is 0 Å². The number of carbonyl (C=O) groups is 2. The van der Waals surface area contributed by atoms with E-state index in [1.807, 2.05) is 31.1 Å². The van der Waals surface area contributed by atoms with E-state index < -0.39 is 23.5 Å². The number of anilines is 2. The summed E-state index contributed by atoms with van der Waals surface area (Å²) in [6.07, 6.45) is 0. The van der Waals surface area contributed by atoms with Gasteiger partial charge in [-0.05, 0) is 55.0 Å². The number of ether oxygens (including phenoxy) is 3. The van der Waals surface area contributed by atoms with Gasteiger partial charge in [-0.1, -0.05) is 17.7 Å². The first-order valence-electron chi connectivity index (χ1n) is 12.1. The fourth-order valence-corrected chi connectivity index (χ4v) is 4.72. The molecule has 1 aliphatic heterocycles. The van der Waals surface area contributed by atoms with Crippen LogP contribution in [0.15, 0.2) is 60.2 Å². The summed E-state index contributed by atoms with van der Waals surface area (Å²) in [7, 11) is 6.59. The van der Waals surface area contributed by atoms with Crippen molar-refractivity contribution >= 4 is 40.4 Å². The van der Waals surface area contributed by atoms with Crippen LogP contribution in [0.1, 0.15) is 24.1 Å². The highest BCUT2D eigenvalue weighted by atomic mass is 35.5. The highest BCUT2D eigenvalue weighted by Crippen LogP contribution is 2.46. The summed E-state index contributed by atoms with van der Waals surface area (Å²) in [4.78, 5) is 30.3. The number of nitrogens with zero attached hydrogens (tertiary/aromatic N) is 2. The zero-order valence-electron chi connectivity index (χ0n) is 22.2. The van der Waals surface area contributed by atoms with Gasteiger partial charge in [-0.3, -0.25) is 14.5 Å². The van der Waals surface area contributed by atoms with E-state index in [1.165, 1.54) is 37.3 Å². The minimum atomic E-state index is -1.05. The predicted octanol–water partition coefficient (Wildman–Crippen LogP) is 5.15. The smallest absolute Gasteiger partial charge is 0.300 e. The van der Waals surface area contributed by atoms with E-state index in [-0.39, 0.29) is 45.8 Å². The molecule has 39 heavy (non-hydrogen) atoms. The van der Waals surface area contributed by atoms with Crippen LogP contribution >= 0.6 is 11.6 Å². The summed E-state index contributed by atoms with van der Waals surface area (Å²) < 4.78 is 16.3. The van der Waals surface area contributed by atoms with E-state index in [1.54, 1.807) is 31.2 Å². The summed E-state index contributed by atoms with van der Waals surface area (Å²) in [5.41, 5.74) is 1.72. The molecule has 10 heteroatoms. The molecule has 0 aromatic heterocycles. The first-order valence-corrected chi connectivity index (χ1v) is 12.5.